The molecule has 0 spiro atoms. The van der Waals surface area contributed by atoms with Crippen molar-refractivity contribution in [1.29, 1.82) is 0 Å². The maximum absolute atomic E-state index is 12.3. The molecule has 2 rings (SSSR count). The third-order valence-corrected chi connectivity index (χ3v) is 4.39. The number of likely N-dealkylation sites (N-methyl/N-ethyl adjacent to an activating group) is 1. The van der Waals surface area contributed by atoms with Crippen molar-refractivity contribution in [2.75, 3.05) is 19.6 Å². The fraction of sp³-hybridized carbons (Fsp3) is 0.500. The number of fused-ring (bicyclic) bond motifs is 1. The van der Waals surface area contributed by atoms with Crippen LogP contribution < -0.4 is 5.32 Å². The van der Waals surface area contributed by atoms with Gasteiger partial charge in [-0.05, 0) is 56.6 Å². The molecule has 2 aromatic rings. The van der Waals surface area contributed by atoms with Gasteiger partial charge >= 0.3 is 6.09 Å². The van der Waals surface area contributed by atoms with E-state index in [4.69, 9.17) is 4.74 Å². The van der Waals surface area contributed by atoms with Gasteiger partial charge in [0.2, 0.25) is 0 Å². The molecule has 0 saturated heterocycles. The molecule has 0 saturated carbocycles. The van der Waals surface area contributed by atoms with Gasteiger partial charge in [-0.3, -0.25) is 0 Å². The Morgan fingerprint density at radius 2 is 1.73 bits per heavy atom. The van der Waals surface area contributed by atoms with Crippen LogP contribution in [0.25, 0.3) is 10.8 Å². The van der Waals surface area contributed by atoms with E-state index in [-0.39, 0.29) is 12.1 Å². The van der Waals surface area contributed by atoms with Crippen molar-refractivity contribution in [3.05, 3.63) is 48.0 Å². The van der Waals surface area contributed by atoms with Crippen molar-refractivity contribution in [2.24, 2.45) is 0 Å². The van der Waals surface area contributed by atoms with Crippen LogP contribution in [-0.2, 0) is 11.2 Å². The molecule has 1 atom stereocenters. The monoisotopic (exact) mass is 356 g/mol. The molecule has 4 heteroatoms. The lowest BCUT2D eigenvalue weighted by Crippen LogP contribution is -2.46. The molecule has 1 N–H and O–H groups in total. The summed E-state index contributed by atoms with van der Waals surface area (Å²) < 4.78 is 5.46. The molecular weight excluding hydrogens is 324 g/mol. The molecule has 1 amide bonds. The average Bonchev–Trinajstić information content (AvgIpc) is 2.57. The van der Waals surface area contributed by atoms with Crippen LogP contribution in [0.5, 0.6) is 0 Å². The Morgan fingerprint density at radius 3 is 2.35 bits per heavy atom. The summed E-state index contributed by atoms with van der Waals surface area (Å²) in [4.78, 5) is 14.6. The second-order valence-electron chi connectivity index (χ2n) is 7.71. The first-order chi connectivity index (χ1) is 12.3. The Bertz CT molecular complexity index is 717. The van der Waals surface area contributed by atoms with Gasteiger partial charge in [-0.1, -0.05) is 56.3 Å². The van der Waals surface area contributed by atoms with Crippen LogP contribution >= 0.6 is 0 Å². The molecule has 0 aliphatic rings. The highest BCUT2D eigenvalue weighted by atomic mass is 16.6. The second-order valence-corrected chi connectivity index (χ2v) is 7.71. The minimum absolute atomic E-state index is 0.00547. The van der Waals surface area contributed by atoms with Gasteiger partial charge in [-0.15, -0.1) is 0 Å². The number of benzene rings is 2. The van der Waals surface area contributed by atoms with Gasteiger partial charge < -0.3 is 15.0 Å². The summed E-state index contributed by atoms with van der Waals surface area (Å²) in [6.45, 7) is 12.7. The summed E-state index contributed by atoms with van der Waals surface area (Å²) in [6.07, 6.45) is 0.427. The van der Waals surface area contributed by atoms with Crippen molar-refractivity contribution in [1.82, 2.24) is 10.2 Å². The van der Waals surface area contributed by atoms with E-state index in [0.29, 0.717) is 0 Å². The summed E-state index contributed by atoms with van der Waals surface area (Å²) in [6, 6.07) is 14.9. The van der Waals surface area contributed by atoms with Gasteiger partial charge in [0, 0.05) is 12.6 Å². The van der Waals surface area contributed by atoms with Crippen molar-refractivity contribution >= 4 is 16.9 Å². The third kappa shape index (κ3) is 6.34. The zero-order valence-electron chi connectivity index (χ0n) is 16.7. The van der Waals surface area contributed by atoms with Crippen LogP contribution in [0.4, 0.5) is 4.79 Å². The Kier molecular flexibility index (Phi) is 7.04. The van der Waals surface area contributed by atoms with Crippen LogP contribution in [0.3, 0.4) is 0 Å². The molecule has 0 radical (unpaired) electrons. The van der Waals surface area contributed by atoms with Gasteiger partial charge in [-0.2, -0.15) is 0 Å². The van der Waals surface area contributed by atoms with E-state index < -0.39 is 5.60 Å². The van der Waals surface area contributed by atoms with Crippen LogP contribution in [0.15, 0.2) is 42.5 Å². The largest absolute Gasteiger partial charge is 0.444 e. The number of rotatable bonds is 7. The summed E-state index contributed by atoms with van der Waals surface area (Å²) in [5.41, 5.74) is 0.726. The second kappa shape index (κ2) is 9.04. The molecular formula is C22H32N2O2. The Morgan fingerprint density at radius 1 is 1.08 bits per heavy atom. The molecule has 0 aliphatic heterocycles. The van der Waals surface area contributed by atoms with Crippen molar-refractivity contribution in [2.45, 2.75) is 52.7 Å². The number of carbonyl (C=O) groups is 1. The quantitative estimate of drug-likeness (QED) is 0.787. The van der Waals surface area contributed by atoms with Gasteiger partial charge in [-0.25, -0.2) is 4.79 Å². The van der Waals surface area contributed by atoms with Crippen LogP contribution in [-0.4, -0.2) is 42.3 Å². The van der Waals surface area contributed by atoms with Gasteiger partial charge in [0.05, 0.1) is 0 Å². The molecule has 26 heavy (non-hydrogen) atoms. The summed E-state index contributed by atoms with van der Waals surface area (Å²) in [7, 11) is 0. The van der Waals surface area contributed by atoms with Crippen molar-refractivity contribution < 1.29 is 9.53 Å². The normalized spacial score (nSPS) is 13.0. The molecule has 4 nitrogen and oxygen atoms in total. The predicted molar refractivity (Wildman–Crippen MR) is 109 cm³/mol. The highest BCUT2D eigenvalue weighted by Crippen LogP contribution is 2.17. The maximum atomic E-state index is 12.3. The van der Waals surface area contributed by atoms with E-state index >= 15 is 0 Å². The van der Waals surface area contributed by atoms with E-state index in [0.717, 1.165) is 26.1 Å². The average molecular weight is 357 g/mol. The minimum Gasteiger partial charge on any atom is -0.444 e. The van der Waals surface area contributed by atoms with E-state index in [1.165, 1.54) is 16.3 Å². The van der Waals surface area contributed by atoms with E-state index in [1.54, 1.807) is 0 Å². The standard InChI is InChI=1S/C22H32N2O2/c1-6-24(7-2)16-20(23-21(25)26-22(3,4)5)15-17-12-13-18-10-8-9-11-19(18)14-17/h8-14,20H,6-7,15-16H2,1-5H3,(H,23,25)/t20-/m1/s1. The molecule has 0 bridgehead atoms. The number of nitrogens with zero attached hydrogens (tertiary/aromatic N) is 1. The third-order valence-electron chi connectivity index (χ3n) is 4.39. The zero-order valence-corrected chi connectivity index (χ0v) is 16.7. The zero-order chi connectivity index (χ0) is 19.2. The fourth-order valence-electron chi connectivity index (χ4n) is 3.08. The number of nitrogens with one attached hydrogen (secondary N) is 1. The summed E-state index contributed by atoms with van der Waals surface area (Å²) >= 11 is 0. The predicted octanol–water partition coefficient (Wildman–Crippen LogP) is 4.62. The fourth-order valence-corrected chi connectivity index (χ4v) is 3.08. The highest BCUT2D eigenvalue weighted by Gasteiger charge is 2.21. The van der Waals surface area contributed by atoms with Crippen LogP contribution in [0, 0.1) is 0 Å². The number of hydrogen-bond donors (Lipinski definition) is 1. The summed E-state index contributed by atoms with van der Waals surface area (Å²) in [5, 5.41) is 5.53. The number of ether oxygens (including phenoxy) is 1. The topological polar surface area (TPSA) is 41.6 Å². The van der Waals surface area contributed by atoms with Gasteiger partial charge in [0.1, 0.15) is 5.60 Å². The molecule has 0 unspecified atom stereocenters. The first kappa shape index (κ1) is 20.2. The highest BCUT2D eigenvalue weighted by molar-refractivity contribution is 5.83. The molecule has 142 valence electrons. The lowest BCUT2D eigenvalue weighted by Gasteiger charge is -2.28. The summed E-state index contributed by atoms with van der Waals surface area (Å²) in [5.74, 6) is 0. The minimum atomic E-state index is -0.493. The van der Waals surface area contributed by atoms with Crippen molar-refractivity contribution in [3.63, 3.8) is 0 Å². The van der Waals surface area contributed by atoms with Crippen LogP contribution in [0.2, 0.25) is 0 Å². The van der Waals surface area contributed by atoms with E-state index in [2.05, 4.69) is 66.5 Å². The van der Waals surface area contributed by atoms with E-state index in [9.17, 15) is 4.79 Å². The Labute approximate surface area is 157 Å². The lowest BCUT2D eigenvalue weighted by molar-refractivity contribution is 0.0492. The van der Waals surface area contributed by atoms with Gasteiger partial charge in [0.25, 0.3) is 0 Å². The smallest absolute Gasteiger partial charge is 0.407 e. The molecule has 2 aromatic carbocycles. The first-order valence-electron chi connectivity index (χ1n) is 9.50. The molecule has 0 aromatic heterocycles. The maximum Gasteiger partial charge on any atom is 0.407 e. The first-order valence-corrected chi connectivity index (χ1v) is 9.50. The number of amides is 1. The van der Waals surface area contributed by atoms with E-state index in [1.807, 2.05) is 20.8 Å². The van der Waals surface area contributed by atoms with Crippen molar-refractivity contribution in [3.8, 4) is 0 Å². The molecule has 0 fully saturated rings. The van der Waals surface area contributed by atoms with Gasteiger partial charge in [0.15, 0.2) is 0 Å². The van der Waals surface area contributed by atoms with Crippen LogP contribution in [0.1, 0.15) is 40.2 Å². The number of alkyl carbamates (subject to hydrolysis) is 1. The SMILES string of the molecule is CCN(CC)C[C@@H](Cc1ccc2ccccc2c1)NC(=O)OC(C)(C)C. The molecule has 0 aliphatic carbocycles. The number of hydrogen-bond acceptors (Lipinski definition) is 3. The number of carbonyl (C=O) groups excluding carboxylic acids is 1. The Hall–Kier alpha value is -2.07. The lowest BCUT2D eigenvalue weighted by atomic mass is 10.0. The Balaban J connectivity index is 2.14. The molecule has 0 heterocycles.